The lowest BCUT2D eigenvalue weighted by atomic mass is 10.1. The summed E-state index contributed by atoms with van der Waals surface area (Å²) in [5.74, 6) is 0.826. The first-order valence-electron chi connectivity index (χ1n) is 7.37. The van der Waals surface area contributed by atoms with E-state index < -0.39 is 0 Å². The van der Waals surface area contributed by atoms with Gasteiger partial charge in [0.1, 0.15) is 5.75 Å². The van der Waals surface area contributed by atoms with Crippen molar-refractivity contribution in [1.29, 1.82) is 0 Å². The molecule has 2 aromatic carbocycles. The second-order valence-corrected chi connectivity index (χ2v) is 5.31. The lowest BCUT2D eigenvalue weighted by Crippen LogP contribution is -2.12. The van der Waals surface area contributed by atoms with Crippen LogP contribution < -0.4 is 15.8 Å². The second kappa shape index (κ2) is 7.61. The molecule has 4 heteroatoms. The number of ether oxygens (including phenoxy) is 1. The number of anilines is 1. The number of nitrogens with one attached hydrogen (secondary N) is 1. The van der Waals surface area contributed by atoms with Crippen molar-refractivity contribution < 1.29 is 9.53 Å². The Balaban J connectivity index is 1.84. The number of methoxy groups -OCH3 is 1. The average Bonchev–Trinajstić information content (AvgIpc) is 2.54. The molecule has 0 aliphatic carbocycles. The van der Waals surface area contributed by atoms with E-state index in [1.165, 1.54) is 0 Å². The molecule has 0 aromatic heterocycles. The molecule has 2 rings (SSSR count). The van der Waals surface area contributed by atoms with Gasteiger partial charge in [0.05, 0.1) is 7.11 Å². The number of amides is 1. The zero-order valence-electron chi connectivity index (χ0n) is 13.0. The van der Waals surface area contributed by atoms with Gasteiger partial charge < -0.3 is 15.8 Å². The van der Waals surface area contributed by atoms with Crippen LogP contribution in [0.2, 0.25) is 0 Å². The van der Waals surface area contributed by atoms with Crippen molar-refractivity contribution >= 4 is 11.6 Å². The SMILES string of the molecule is COc1ccc(CCC(=O)Nc2ccc(C(C)N)cc2)cc1. The molecule has 22 heavy (non-hydrogen) atoms. The van der Waals surface area contributed by atoms with Crippen LogP contribution in [-0.4, -0.2) is 13.0 Å². The molecule has 1 unspecified atom stereocenters. The van der Waals surface area contributed by atoms with Crippen molar-refractivity contribution in [3.8, 4) is 5.75 Å². The van der Waals surface area contributed by atoms with E-state index in [0.29, 0.717) is 12.8 Å². The van der Waals surface area contributed by atoms with E-state index in [1.807, 2.05) is 55.5 Å². The Morgan fingerprint density at radius 2 is 1.77 bits per heavy atom. The van der Waals surface area contributed by atoms with Crippen LogP contribution in [0.4, 0.5) is 5.69 Å². The zero-order valence-corrected chi connectivity index (χ0v) is 13.0. The zero-order chi connectivity index (χ0) is 15.9. The molecular weight excluding hydrogens is 276 g/mol. The number of carbonyl (C=O) groups excluding carboxylic acids is 1. The summed E-state index contributed by atoms with van der Waals surface area (Å²) in [6, 6.07) is 15.4. The summed E-state index contributed by atoms with van der Waals surface area (Å²) < 4.78 is 5.11. The number of benzene rings is 2. The number of carbonyl (C=O) groups is 1. The van der Waals surface area contributed by atoms with Crippen molar-refractivity contribution in [2.24, 2.45) is 5.73 Å². The van der Waals surface area contributed by atoms with Crippen LogP contribution in [0.3, 0.4) is 0 Å². The van der Waals surface area contributed by atoms with Crippen molar-refractivity contribution in [3.63, 3.8) is 0 Å². The molecule has 0 aliphatic rings. The highest BCUT2D eigenvalue weighted by atomic mass is 16.5. The predicted octanol–water partition coefficient (Wildman–Crippen LogP) is 3.29. The molecule has 0 heterocycles. The van der Waals surface area contributed by atoms with Crippen LogP contribution >= 0.6 is 0 Å². The summed E-state index contributed by atoms with van der Waals surface area (Å²) in [6.45, 7) is 1.93. The Kier molecular flexibility index (Phi) is 5.55. The summed E-state index contributed by atoms with van der Waals surface area (Å²) >= 11 is 0. The van der Waals surface area contributed by atoms with Gasteiger partial charge in [0, 0.05) is 18.2 Å². The summed E-state index contributed by atoms with van der Waals surface area (Å²) in [5, 5.41) is 2.90. The van der Waals surface area contributed by atoms with Gasteiger partial charge in [0.25, 0.3) is 0 Å². The van der Waals surface area contributed by atoms with Gasteiger partial charge in [-0.1, -0.05) is 24.3 Å². The molecule has 0 bridgehead atoms. The van der Waals surface area contributed by atoms with E-state index in [1.54, 1.807) is 7.11 Å². The number of rotatable bonds is 6. The highest BCUT2D eigenvalue weighted by Gasteiger charge is 2.05. The fourth-order valence-corrected chi connectivity index (χ4v) is 2.14. The van der Waals surface area contributed by atoms with Gasteiger partial charge in [0.15, 0.2) is 0 Å². The first-order valence-corrected chi connectivity index (χ1v) is 7.37. The van der Waals surface area contributed by atoms with E-state index in [0.717, 1.165) is 22.6 Å². The fraction of sp³-hybridized carbons (Fsp3) is 0.278. The predicted molar refractivity (Wildman–Crippen MR) is 89.0 cm³/mol. The van der Waals surface area contributed by atoms with Gasteiger partial charge in [-0.15, -0.1) is 0 Å². The molecule has 0 aliphatic heterocycles. The van der Waals surface area contributed by atoms with E-state index in [9.17, 15) is 4.79 Å². The van der Waals surface area contributed by atoms with E-state index in [-0.39, 0.29) is 11.9 Å². The minimum Gasteiger partial charge on any atom is -0.497 e. The molecule has 4 nitrogen and oxygen atoms in total. The minimum atomic E-state index is -0.000163. The lowest BCUT2D eigenvalue weighted by Gasteiger charge is -2.09. The van der Waals surface area contributed by atoms with Gasteiger partial charge in [-0.3, -0.25) is 4.79 Å². The molecule has 0 saturated heterocycles. The highest BCUT2D eigenvalue weighted by molar-refractivity contribution is 5.90. The maximum absolute atomic E-state index is 12.0. The standard InChI is InChI=1S/C18H22N2O2/c1-13(19)15-6-8-16(9-7-15)20-18(21)12-5-14-3-10-17(22-2)11-4-14/h3-4,6-11,13H,5,12,19H2,1-2H3,(H,20,21). The van der Waals surface area contributed by atoms with Crippen LogP contribution in [0.5, 0.6) is 5.75 Å². The number of hydrogen-bond acceptors (Lipinski definition) is 3. The fourth-order valence-electron chi connectivity index (χ4n) is 2.14. The third-order valence-corrected chi connectivity index (χ3v) is 3.52. The highest BCUT2D eigenvalue weighted by Crippen LogP contribution is 2.15. The van der Waals surface area contributed by atoms with E-state index in [4.69, 9.17) is 10.5 Å². The Bertz CT molecular complexity index is 604. The van der Waals surface area contributed by atoms with Crippen LogP contribution in [0.25, 0.3) is 0 Å². The molecule has 3 N–H and O–H groups in total. The molecule has 0 fully saturated rings. The molecule has 0 radical (unpaired) electrons. The molecular formula is C18H22N2O2. The topological polar surface area (TPSA) is 64.3 Å². The van der Waals surface area contributed by atoms with Gasteiger partial charge >= 0.3 is 0 Å². The molecule has 1 amide bonds. The smallest absolute Gasteiger partial charge is 0.224 e. The molecule has 0 spiro atoms. The van der Waals surface area contributed by atoms with Gasteiger partial charge in [0.2, 0.25) is 5.91 Å². The van der Waals surface area contributed by atoms with Crippen LogP contribution in [0.15, 0.2) is 48.5 Å². The number of aryl methyl sites for hydroxylation is 1. The van der Waals surface area contributed by atoms with E-state index >= 15 is 0 Å². The summed E-state index contributed by atoms with van der Waals surface area (Å²) in [5.41, 5.74) is 8.76. The van der Waals surface area contributed by atoms with Crippen molar-refractivity contribution in [3.05, 3.63) is 59.7 Å². The van der Waals surface area contributed by atoms with Gasteiger partial charge in [-0.05, 0) is 48.7 Å². The Labute approximate surface area is 131 Å². The summed E-state index contributed by atoms with van der Waals surface area (Å²) in [4.78, 5) is 12.0. The first kappa shape index (κ1) is 16.0. The first-order chi connectivity index (χ1) is 10.6. The van der Waals surface area contributed by atoms with Crippen molar-refractivity contribution in [2.75, 3.05) is 12.4 Å². The van der Waals surface area contributed by atoms with Crippen LogP contribution in [0, 0.1) is 0 Å². The average molecular weight is 298 g/mol. The molecule has 116 valence electrons. The quantitative estimate of drug-likeness (QED) is 0.860. The van der Waals surface area contributed by atoms with Crippen LogP contribution in [0.1, 0.15) is 30.5 Å². The minimum absolute atomic E-state index is 0.000163. The Morgan fingerprint density at radius 1 is 1.14 bits per heavy atom. The van der Waals surface area contributed by atoms with E-state index in [2.05, 4.69) is 5.32 Å². The Hall–Kier alpha value is -2.33. The maximum atomic E-state index is 12.0. The van der Waals surface area contributed by atoms with Crippen molar-refractivity contribution in [1.82, 2.24) is 0 Å². The number of nitrogens with two attached hydrogens (primary N) is 1. The number of hydrogen-bond donors (Lipinski definition) is 2. The van der Waals surface area contributed by atoms with Crippen LogP contribution in [-0.2, 0) is 11.2 Å². The molecule has 0 saturated carbocycles. The molecule has 2 aromatic rings. The third-order valence-electron chi connectivity index (χ3n) is 3.52. The Morgan fingerprint density at radius 3 is 2.32 bits per heavy atom. The molecule has 1 atom stereocenters. The van der Waals surface area contributed by atoms with Gasteiger partial charge in [-0.2, -0.15) is 0 Å². The summed E-state index contributed by atoms with van der Waals surface area (Å²) in [6.07, 6.45) is 1.15. The third kappa shape index (κ3) is 4.60. The largest absolute Gasteiger partial charge is 0.497 e. The normalized spacial score (nSPS) is 11.8. The lowest BCUT2D eigenvalue weighted by molar-refractivity contribution is -0.116. The maximum Gasteiger partial charge on any atom is 0.224 e. The van der Waals surface area contributed by atoms with Crippen molar-refractivity contribution in [2.45, 2.75) is 25.8 Å². The van der Waals surface area contributed by atoms with Gasteiger partial charge in [-0.25, -0.2) is 0 Å². The monoisotopic (exact) mass is 298 g/mol. The summed E-state index contributed by atoms with van der Waals surface area (Å²) in [7, 11) is 1.64. The second-order valence-electron chi connectivity index (χ2n) is 5.31.